The third kappa shape index (κ3) is 9.53. The van der Waals surface area contributed by atoms with E-state index in [2.05, 4.69) is 6.92 Å². The molecule has 1 rings (SSSR count). The predicted molar refractivity (Wildman–Crippen MR) is 71.3 cm³/mol. The molecule has 3 N–H and O–H groups in total. The van der Waals surface area contributed by atoms with E-state index in [0.717, 1.165) is 18.5 Å². The Morgan fingerprint density at radius 2 is 1.75 bits per heavy atom. The molecule has 2 heteroatoms. The number of nitrogens with two attached hydrogens (primary N) is 1. The zero-order chi connectivity index (χ0) is 12.2. The molecule has 0 amide bonds. The molecular weight excluding hydrogens is 198 g/mol. The minimum atomic E-state index is -0.0449. The molecule has 1 atom stereocenters. The van der Waals surface area contributed by atoms with Crippen molar-refractivity contribution in [2.75, 3.05) is 5.73 Å². The van der Waals surface area contributed by atoms with Crippen LogP contribution in [-0.2, 0) is 0 Å². The van der Waals surface area contributed by atoms with Crippen molar-refractivity contribution in [2.24, 2.45) is 0 Å². The van der Waals surface area contributed by atoms with Gasteiger partial charge in [0.25, 0.3) is 0 Å². The van der Waals surface area contributed by atoms with E-state index in [-0.39, 0.29) is 6.10 Å². The van der Waals surface area contributed by atoms with Crippen molar-refractivity contribution in [1.29, 1.82) is 0 Å². The number of hydrogen-bond donors (Lipinski definition) is 2. The van der Waals surface area contributed by atoms with E-state index in [1.54, 1.807) is 0 Å². The highest BCUT2D eigenvalue weighted by atomic mass is 16.3. The Labute approximate surface area is 99.5 Å². The van der Waals surface area contributed by atoms with E-state index < -0.39 is 0 Å². The molecule has 0 fully saturated rings. The summed E-state index contributed by atoms with van der Waals surface area (Å²) in [5, 5.41) is 9.08. The zero-order valence-corrected chi connectivity index (χ0v) is 10.5. The first kappa shape index (κ1) is 15.0. The fourth-order valence-corrected chi connectivity index (χ4v) is 1.29. The van der Waals surface area contributed by atoms with Crippen LogP contribution >= 0.6 is 0 Å². The maximum Gasteiger partial charge on any atom is 0.0537 e. The summed E-state index contributed by atoms with van der Waals surface area (Å²) in [5.41, 5.74) is 6.18. The van der Waals surface area contributed by atoms with Crippen molar-refractivity contribution < 1.29 is 5.11 Å². The van der Waals surface area contributed by atoms with Gasteiger partial charge in [-0.15, -0.1) is 0 Å². The van der Waals surface area contributed by atoms with Gasteiger partial charge in [-0.25, -0.2) is 0 Å². The third-order valence-electron chi connectivity index (χ3n) is 2.41. The standard InChI is InChI=1S/C8H18O.C6H7N/c1-3-5-6-7-8(9)4-2;7-6-4-2-1-3-5-6/h8-9H,3-7H2,1-2H3;1-5H,7H2. The summed E-state index contributed by atoms with van der Waals surface area (Å²) < 4.78 is 0. The number of aliphatic hydroxyl groups is 1. The normalized spacial score (nSPS) is 11.4. The van der Waals surface area contributed by atoms with Crippen molar-refractivity contribution in [1.82, 2.24) is 0 Å². The number of benzene rings is 1. The Bertz CT molecular complexity index is 236. The van der Waals surface area contributed by atoms with Crippen molar-refractivity contribution in [3.63, 3.8) is 0 Å². The van der Waals surface area contributed by atoms with Gasteiger partial charge in [0.1, 0.15) is 0 Å². The highest BCUT2D eigenvalue weighted by Crippen LogP contribution is 2.04. The first-order valence-electron chi connectivity index (χ1n) is 6.19. The molecule has 0 radical (unpaired) electrons. The van der Waals surface area contributed by atoms with Crippen LogP contribution in [0.25, 0.3) is 0 Å². The molecule has 0 aliphatic carbocycles. The number of hydrogen-bond acceptors (Lipinski definition) is 2. The topological polar surface area (TPSA) is 46.2 Å². The lowest BCUT2D eigenvalue weighted by atomic mass is 10.1. The second-order valence-corrected chi connectivity index (χ2v) is 3.97. The van der Waals surface area contributed by atoms with Crippen molar-refractivity contribution in [3.05, 3.63) is 30.3 Å². The van der Waals surface area contributed by atoms with Gasteiger partial charge in [0, 0.05) is 5.69 Å². The lowest BCUT2D eigenvalue weighted by Crippen LogP contribution is -2.02. The minimum Gasteiger partial charge on any atom is -0.399 e. The molecule has 0 saturated heterocycles. The van der Waals surface area contributed by atoms with E-state index in [4.69, 9.17) is 10.8 Å². The molecule has 0 aliphatic heterocycles. The molecule has 0 aliphatic rings. The maximum atomic E-state index is 9.08. The number of rotatable bonds is 5. The number of anilines is 1. The molecule has 16 heavy (non-hydrogen) atoms. The lowest BCUT2D eigenvalue weighted by molar-refractivity contribution is 0.156. The Morgan fingerprint density at radius 1 is 1.12 bits per heavy atom. The first-order chi connectivity index (χ1) is 7.70. The van der Waals surface area contributed by atoms with Crippen LogP contribution in [-0.4, -0.2) is 11.2 Å². The Kier molecular flexibility index (Phi) is 9.83. The molecule has 0 bridgehead atoms. The van der Waals surface area contributed by atoms with Crippen LogP contribution in [0.1, 0.15) is 46.0 Å². The van der Waals surface area contributed by atoms with Gasteiger partial charge in [-0.3, -0.25) is 0 Å². The third-order valence-corrected chi connectivity index (χ3v) is 2.41. The van der Waals surface area contributed by atoms with Gasteiger partial charge in [0.2, 0.25) is 0 Å². The van der Waals surface area contributed by atoms with Crippen LogP contribution in [0.5, 0.6) is 0 Å². The average molecular weight is 223 g/mol. The van der Waals surface area contributed by atoms with Crippen molar-refractivity contribution >= 4 is 5.69 Å². The second-order valence-electron chi connectivity index (χ2n) is 3.97. The van der Waals surface area contributed by atoms with Gasteiger partial charge in [-0.05, 0) is 25.0 Å². The molecule has 1 aromatic rings. The molecule has 1 aromatic carbocycles. The van der Waals surface area contributed by atoms with E-state index >= 15 is 0 Å². The van der Waals surface area contributed by atoms with Gasteiger partial charge in [0.05, 0.1) is 6.10 Å². The van der Waals surface area contributed by atoms with Crippen LogP contribution in [0.4, 0.5) is 5.69 Å². The highest BCUT2D eigenvalue weighted by Gasteiger charge is 1.97. The minimum absolute atomic E-state index is 0.0449. The molecule has 2 nitrogen and oxygen atoms in total. The van der Waals surface area contributed by atoms with Crippen LogP contribution in [0.3, 0.4) is 0 Å². The van der Waals surface area contributed by atoms with Crippen LogP contribution < -0.4 is 5.73 Å². The van der Waals surface area contributed by atoms with E-state index in [1.165, 1.54) is 19.3 Å². The summed E-state index contributed by atoms with van der Waals surface area (Å²) in [6.07, 6.45) is 5.55. The van der Waals surface area contributed by atoms with E-state index in [9.17, 15) is 0 Å². The molecular formula is C14H25NO. The Balaban J connectivity index is 0.000000288. The summed E-state index contributed by atoms with van der Waals surface area (Å²) >= 11 is 0. The molecule has 0 aromatic heterocycles. The number of para-hydroxylation sites is 1. The molecule has 1 unspecified atom stereocenters. The molecule has 0 heterocycles. The van der Waals surface area contributed by atoms with E-state index in [1.807, 2.05) is 37.3 Å². The number of aliphatic hydroxyl groups excluding tert-OH is 1. The SMILES string of the molecule is CCCCCC(O)CC.Nc1ccccc1. The summed E-state index contributed by atoms with van der Waals surface area (Å²) in [5.74, 6) is 0. The molecule has 0 saturated carbocycles. The van der Waals surface area contributed by atoms with Gasteiger partial charge in [-0.1, -0.05) is 51.3 Å². The maximum absolute atomic E-state index is 9.08. The molecule has 0 spiro atoms. The second kappa shape index (κ2) is 10.5. The first-order valence-corrected chi connectivity index (χ1v) is 6.19. The highest BCUT2D eigenvalue weighted by molar-refractivity contribution is 5.35. The lowest BCUT2D eigenvalue weighted by Gasteiger charge is -2.04. The van der Waals surface area contributed by atoms with E-state index in [0.29, 0.717) is 0 Å². The Morgan fingerprint density at radius 3 is 2.12 bits per heavy atom. The van der Waals surface area contributed by atoms with Crippen molar-refractivity contribution in [3.8, 4) is 0 Å². The van der Waals surface area contributed by atoms with Crippen LogP contribution in [0, 0.1) is 0 Å². The van der Waals surface area contributed by atoms with Gasteiger partial charge >= 0.3 is 0 Å². The number of nitrogen functional groups attached to an aromatic ring is 1. The smallest absolute Gasteiger partial charge is 0.0537 e. The van der Waals surface area contributed by atoms with Gasteiger partial charge < -0.3 is 10.8 Å². The fraction of sp³-hybridized carbons (Fsp3) is 0.571. The zero-order valence-electron chi connectivity index (χ0n) is 10.5. The van der Waals surface area contributed by atoms with Gasteiger partial charge in [-0.2, -0.15) is 0 Å². The molecule has 92 valence electrons. The summed E-state index contributed by atoms with van der Waals surface area (Å²) in [7, 11) is 0. The fourth-order valence-electron chi connectivity index (χ4n) is 1.29. The van der Waals surface area contributed by atoms with Crippen LogP contribution in [0.15, 0.2) is 30.3 Å². The van der Waals surface area contributed by atoms with Gasteiger partial charge in [0.15, 0.2) is 0 Å². The summed E-state index contributed by atoms with van der Waals surface area (Å²) in [4.78, 5) is 0. The van der Waals surface area contributed by atoms with Crippen molar-refractivity contribution in [2.45, 2.75) is 52.1 Å². The average Bonchev–Trinajstić information content (AvgIpc) is 2.31. The largest absolute Gasteiger partial charge is 0.399 e. The summed E-state index contributed by atoms with van der Waals surface area (Å²) in [6, 6.07) is 9.49. The monoisotopic (exact) mass is 223 g/mol. The summed E-state index contributed by atoms with van der Waals surface area (Å²) in [6.45, 7) is 4.20. The quantitative estimate of drug-likeness (QED) is 0.591. The predicted octanol–water partition coefficient (Wildman–Crippen LogP) is 3.61. The Hall–Kier alpha value is -1.02. The number of unbranched alkanes of at least 4 members (excludes halogenated alkanes) is 2. The van der Waals surface area contributed by atoms with Crippen LogP contribution in [0.2, 0.25) is 0 Å².